The zero-order valence-corrected chi connectivity index (χ0v) is 19.4. The molecule has 174 valence electrons. The van der Waals surface area contributed by atoms with E-state index in [1.54, 1.807) is 0 Å². The van der Waals surface area contributed by atoms with Crippen LogP contribution in [0.15, 0.2) is 0 Å². The lowest BCUT2D eigenvalue weighted by molar-refractivity contribution is -0.145. The Morgan fingerprint density at radius 3 is 1.45 bits per heavy atom. The number of esters is 1. The highest BCUT2D eigenvalue weighted by Gasteiger charge is 2.02. The van der Waals surface area contributed by atoms with Crippen LogP contribution in [0.4, 0.5) is 0 Å². The van der Waals surface area contributed by atoms with Gasteiger partial charge in [-0.15, -0.1) is 0 Å². The molecule has 5 nitrogen and oxygen atoms in total. The highest BCUT2D eigenvalue weighted by atomic mass is 16.6. The van der Waals surface area contributed by atoms with Crippen molar-refractivity contribution in [1.82, 2.24) is 0 Å². The molecule has 0 amide bonds. The lowest BCUT2D eigenvalue weighted by Crippen LogP contribution is -2.14. The third-order valence-electron chi connectivity index (χ3n) is 4.86. The Morgan fingerprint density at radius 1 is 0.483 bits per heavy atom. The number of unbranched alkanes of at least 4 members (excludes halogenated alkanes) is 11. The van der Waals surface area contributed by atoms with E-state index in [1.165, 1.54) is 64.2 Å². The number of carbonyl (C=O) groups is 1. The third kappa shape index (κ3) is 25.3. The van der Waals surface area contributed by atoms with Gasteiger partial charge in [0.15, 0.2) is 0 Å². The summed E-state index contributed by atoms with van der Waals surface area (Å²) in [6.45, 7) is 8.35. The number of hydrogen-bond acceptors (Lipinski definition) is 5. The second-order valence-corrected chi connectivity index (χ2v) is 7.70. The van der Waals surface area contributed by atoms with E-state index >= 15 is 0 Å². The normalized spacial score (nSPS) is 11.1. The van der Waals surface area contributed by atoms with Crippen LogP contribution < -0.4 is 0 Å². The summed E-state index contributed by atoms with van der Waals surface area (Å²) in [5, 5.41) is 0. The summed E-state index contributed by atoms with van der Waals surface area (Å²) in [5.74, 6) is -0.116. The van der Waals surface area contributed by atoms with Gasteiger partial charge in [0.1, 0.15) is 6.61 Å². The number of carbonyl (C=O) groups excluding carboxylic acids is 1. The van der Waals surface area contributed by atoms with E-state index in [9.17, 15) is 4.79 Å². The molecule has 0 aliphatic heterocycles. The van der Waals surface area contributed by atoms with Crippen LogP contribution in [0.5, 0.6) is 0 Å². The average molecular weight is 417 g/mol. The summed E-state index contributed by atoms with van der Waals surface area (Å²) >= 11 is 0. The van der Waals surface area contributed by atoms with Crippen molar-refractivity contribution in [3.05, 3.63) is 0 Å². The maximum absolute atomic E-state index is 11.5. The van der Waals surface area contributed by atoms with Crippen molar-refractivity contribution in [2.45, 2.75) is 104 Å². The van der Waals surface area contributed by atoms with Crippen LogP contribution >= 0.6 is 0 Å². The SMILES string of the molecule is CCCCCCCCCCOCCOCCOCCOC(=O)CCCCCCC. The second kappa shape index (κ2) is 25.4. The van der Waals surface area contributed by atoms with Gasteiger partial charge in [-0.25, -0.2) is 0 Å². The zero-order valence-electron chi connectivity index (χ0n) is 19.4. The predicted molar refractivity (Wildman–Crippen MR) is 119 cm³/mol. The van der Waals surface area contributed by atoms with Crippen molar-refractivity contribution in [2.24, 2.45) is 0 Å². The van der Waals surface area contributed by atoms with Crippen molar-refractivity contribution >= 4 is 5.97 Å². The van der Waals surface area contributed by atoms with Gasteiger partial charge in [0.05, 0.1) is 33.0 Å². The van der Waals surface area contributed by atoms with Crippen LogP contribution in [0.2, 0.25) is 0 Å². The number of rotatable bonds is 24. The summed E-state index contributed by atoms with van der Waals surface area (Å²) in [7, 11) is 0. The summed E-state index contributed by atoms with van der Waals surface area (Å²) < 4.78 is 21.6. The molecule has 0 fully saturated rings. The fourth-order valence-electron chi connectivity index (χ4n) is 3.04. The highest BCUT2D eigenvalue weighted by Crippen LogP contribution is 2.08. The van der Waals surface area contributed by atoms with Gasteiger partial charge < -0.3 is 18.9 Å². The Balaban J connectivity index is 3.08. The zero-order chi connectivity index (χ0) is 21.3. The van der Waals surface area contributed by atoms with Crippen LogP contribution in [-0.2, 0) is 23.7 Å². The van der Waals surface area contributed by atoms with Gasteiger partial charge in [0, 0.05) is 13.0 Å². The van der Waals surface area contributed by atoms with Crippen molar-refractivity contribution in [3.63, 3.8) is 0 Å². The Bertz CT molecular complexity index is 322. The quantitative estimate of drug-likeness (QED) is 0.141. The Labute approximate surface area is 180 Å². The van der Waals surface area contributed by atoms with E-state index in [1.807, 2.05) is 0 Å². The molecule has 0 heterocycles. The molecule has 0 saturated heterocycles. The molecule has 0 unspecified atom stereocenters. The van der Waals surface area contributed by atoms with Crippen LogP contribution in [0.25, 0.3) is 0 Å². The Hall–Kier alpha value is -0.650. The van der Waals surface area contributed by atoms with E-state index in [4.69, 9.17) is 18.9 Å². The number of hydrogen-bond donors (Lipinski definition) is 0. The van der Waals surface area contributed by atoms with Gasteiger partial charge in [-0.05, 0) is 12.8 Å². The molecule has 0 radical (unpaired) electrons. The van der Waals surface area contributed by atoms with E-state index in [0.29, 0.717) is 46.1 Å². The minimum Gasteiger partial charge on any atom is -0.463 e. The van der Waals surface area contributed by atoms with Crippen LogP contribution in [0.1, 0.15) is 104 Å². The fraction of sp³-hybridized carbons (Fsp3) is 0.958. The van der Waals surface area contributed by atoms with E-state index in [2.05, 4.69) is 13.8 Å². The first-order valence-electron chi connectivity index (χ1n) is 12.2. The molecule has 0 aromatic heterocycles. The van der Waals surface area contributed by atoms with Gasteiger partial charge in [-0.3, -0.25) is 4.79 Å². The molecule has 0 rings (SSSR count). The minimum absolute atomic E-state index is 0.116. The topological polar surface area (TPSA) is 54.0 Å². The van der Waals surface area contributed by atoms with Gasteiger partial charge in [0.25, 0.3) is 0 Å². The third-order valence-corrected chi connectivity index (χ3v) is 4.86. The molecule has 0 atom stereocenters. The molecular weight excluding hydrogens is 368 g/mol. The van der Waals surface area contributed by atoms with Crippen LogP contribution in [-0.4, -0.2) is 52.2 Å². The molecular formula is C24H48O5. The maximum atomic E-state index is 11.5. The molecule has 0 aliphatic rings. The Morgan fingerprint density at radius 2 is 0.897 bits per heavy atom. The summed E-state index contributed by atoms with van der Waals surface area (Å²) in [6, 6.07) is 0. The molecule has 0 aromatic rings. The van der Waals surface area contributed by atoms with Gasteiger partial charge >= 0.3 is 5.97 Å². The molecule has 0 saturated carbocycles. The van der Waals surface area contributed by atoms with Crippen molar-refractivity contribution in [3.8, 4) is 0 Å². The van der Waals surface area contributed by atoms with E-state index < -0.39 is 0 Å². The highest BCUT2D eigenvalue weighted by molar-refractivity contribution is 5.69. The largest absolute Gasteiger partial charge is 0.463 e. The van der Waals surface area contributed by atoms with Crippen LogP contribution in [0, 0.1) is 0 Å². The molecule has 0 spiro atoms. The smallest absolute Gasteiger partial charge is 0.305 e. The summed E-state index contributed by atoms with van der Waals surface area (Å²) in [5.41, 5.74) is 0. The second-order valence-electron chi connectivity index (χ2n) is 7.70. The molecule has 0 aliphatic carbocycles. The predicted octanol–water partition coefficient (Wildman–Crippen LogP) is 6.08. The van der Waals surface area contributed by atoms with E-state index in [0.717, 1.165) is 25.9 Å². The molecule has 0 aromatic carbocycles. The first-order valence-corrected chi connectivity index (χ1v) is 12.2. The molecule has 5 heteroatoms. The van der Waals surface area contributed by atoms with Gasteiger partial charge in [-0.2, -0.15) is 0 Å². The maximum Gasteiger partial charge on any atom is 0.305 e. The number of ether oxygens (including phenoxy) is 4. The molecule has 0 N–H and O–H groups in total. The molecule has 0 bridgehead atoms. The summed E-state index contributed by atoms with van der Waals surface area (Å²) in [4.78, 5) is 11.5. The lowest BCUT2D eigenvalue weighted by atomic mass is 10.1. The van der Waals surface area contributed by atoms with Crippen molar-refractivity contribution in [1.29, 1.82) is 0 Å². The van der Waals surface area contributed by atoms with Gasteiger partial charge in [0.2, 0.25) is 0 Å². The van der Waals surface area contributed by atoms with E-state index in [-0.39, 0.29) is 5.97 Å². The van der Waals surface area contributed by atoms with Gasteiger partial charge in [-0.1, -0.05) is 84.5 Å². The summed E-state index contributed by atoms with van der Waals surface area (Å²) in [6.07, 6.45) is 16.8. The Kier molecular flexibility index (Phi) is 24.8. The lowest BCUT2D eigenvalue weighted by Gasteiger charge is -2.08. The average Bonchev–Trinajstić information content (AvgIpc) is 2.72. The minimum atomic E-state index is -0.116. The molecule has 29 heavy (non-hydrogen) atoms. The van der Waals surface area contributed by atoms with Crippen molar-refractivity contribution < 1.29 is 23.7 Å². The monoisotopic (exact) mass is 416 g/mol. The first-order chi connectivity index (χ1) is 14.3. The van der Waals surface area contributed by atoms with Crippen LogP contribution in [0.3, 0.4) is 0 Å². The first kappa shape index (κ1) is 28.4. The fourth-order valence-corrected chi connectivity index (χ4v) is 3.04. The standard InChI is InChI=1S/C24H48O5/c1-3-5-7-9-10-11-13-15-17-26-18-19-27-20-21-28-22-23-29-24(25)16-14-12-8-6-4-2/h3-23H2,1-2H3. The van der Waals surface area contributed by atoms with Crippen molar-refractivity contribution in [2.75, 3.05) is 46.2 Å².